The normalized spacial score (nSPS) is 13.7. The highest BCUT2D eigenvalue weighted by Crippen LogP contribution is 2.21. The number of halogens is 3. The number of hydrogen-bond donors (Lipinski definition) is 1. The molecule has 0 bridgehead atoms. The maximum Gasteiger partial charge on any atom is 0.276 e. The Morgan fingerprint density at radius 3 is 2.55 bits per heavy atom. The molecule has 0 aliphatic carbocycles. The summed E-state index contributed by atoms with van der Waals surface area (Å²) in [4.78, 5) is 32.9. The van der Waals surface area contributed by atoms with Crippen molar-refractivity contribution in [3.8, 4) is 11.8 Å². The molecule has 0 radical (unpaired) electrons. The lowest BCUT2D eigenvalue weighted by Crippen LogP contribution is -2.35. The molecule has 12 heteroatoms. The van der Waals surface area contributed by atoms with E-state index < -0.39 is 11.3 Å². The average Bonchev–Trinajstić information content (AvgIpc) is 3.27. The van der Waals surface area contributed by atoms with Crippen molar-refractivity contribution in [2.75, 3.05) is 26.3 Å². The van der Waals surface area contributed by atoms with Crippen LogP contribution in [0.15, 0.2) is 47.5 Å². The van der Waals surface area contributed by atoms with Crippen LogP contribution in [0.25, 0.3) is 10.9 Å². The molecule has 0 saturated carbocycles. The summed E-state index contributed by atoms with van der Waals surface area (Å²) in [5, 5.41) is 8.59. The Labute approximate surface area is 245 Å². The maximum absolute atomic E-state index is 13.6. The van der Waals surface area contributed by atoms with Crippen LogP contribution in [0.4, 0.5) is 0 Å². The number of carbonyl (C=O) groups is 1. The van der Waals surface area contributed by atoms with Crippen molar-refractivity contribution in [2.24, 2.45) is 7.05 Å². The number of nitrogens with zero attached hydrogens (tertiary/aromatic N) is 5. The molecule has 1 fully saturated rings. The fourth-order valence-electron chi connectivity index (χ4n) is 4.48. The molecule has 1 N–H and O–H groups in total. The van der Waals surface area contributed by atoms with E-state index in [4.69, 9.17) is 39.5 Å². The molecule has 4 aromatic rings. The lowest BCUT2D eigenvalue weighted by atomic mass is 10.0. The zero-order valence-electron chi connectivity index (χ0n) is 21.6. The number of amides is 1. The number of aryl methyl sites for hydroxylation is 1. The number of rotatable bonds is 6. The van der Waals surface area contributed by atoms with Crippen LogP contribution in [-0.2, 0) is 31.4 Å². The van der Waals surface area contributed by atoms with E-state index >= 15 is 0 Å². The molecule has 2 aromatic heterocycles. The average molecular weight is 600 g/mol. The second-order valence-electron chi connectivity index (χ2n) is 9.29. The maximum atomic E-state index is 13.6. The van der Waals surface area contributed by atoms with Crippen molar-refractivity contribution < 1.29 is 9.53 Å². The summed E-state index contributed by atoms with van der Waals surface area (Å²) in [5.74, 6) is 5.69. The van der Waals surface area contributed by atoms with E-state index in [0.717, 1.165) is 24.2 Å². The highest BCUT2D eigenvalue weighted by molar-refractivity contribution is 6.40. The number of hydrogen-bond acceptors (Lipinski definition) is 6. The number of carbonyl (C=O) groups excluding carboxylic acids is 1. The third-order valence-corrected chi connectivity index (χ3v) is 7.52. The number of benzene rings is 2. The van der Waals surface area contributed by atoms with Crippen LogP contribution in [0.1, 0.15) is 27.2 Å². The largest absolute Gasteiger partial charge is 0.379 e. The smallest absolute Gasteiger partial charge is 0.276 e. The summed E-state index contributed by atoms with van der Waals surface area (Å²) < 4.78 is 8.62. The minimum atomic E-state index is -0.560. The first-order chi connectivity index (χ1) is 19.3. The summed E-state index contributed by atoms with van der Waals surface area (Å²) >= 11 is 18.1. The molecule has 9 nitrogen and oxygen atoms in total. The molecule has 40 heavy (non-hydrogen) atoms. The van der Waals surface area contributed by atoms with Crippen molar-refractivity contribution in [1.29, 1.82) is 0 Å². The lowest BCUT2D eigenvalue weighted by Gasteiger charge is -2.26. The summed E-state index contributed by atoms with van der Waals surface area (Å²) in [6.45, 7) is 3.96. The molecule has 1 saturated heterocycles. The molecule has 206 valence electrons. The Bertz CT molecular complexity index is 1680. The van der Waals surface area contributed by atoms with Gasteiger partial charge in [-0.3, -0.25) is 19.2 Å². The van der Waals surface area contributed by atoms with E-state index in [0.29, 0.717) is 46.4 Å². The van der Waals surface area contributed by atoms with Gasteiger partial charge in [0.1, 0.15) is 5.15 Å². The van der Waals surface area contributed by atoms with E-state index in [1.165, 1.54) is 11.0 Å². The first-order valence-corrected chi connectivity index (χ1v) is 13.6. The Kier molecular flexibility index (Phi) is 8.74. The number of imidazole rings is 1. The fourth-order valence-corrected chi connectivity index (χ4v) is 4.91. The second kappa shape index (κ2) is 12.4. The molecule has 1 amide bonds. The van der Waals surface area contributed by atoms with Crippen molar-refractivity contribution in [2.45, 2.75) is 19.6 Å². The zero-order chi connectivity index (χ0) is 28.2. The van der Waals surface area contributed by atoms with E-state index in [2.05, 4.69) is 32.1 Å². The first-order valence-electron chi connectivity index (χ1n) is 12.5. The van der Waals surface area contributed by atoms with Crippen molar-refractivity contribution in [3.63, 3.8) is 0 Å². The van der Waals surface area contributed by atoms with Gasteiger partial charge in [0.15, 0.2) is 10.8 Å². The fraction of sp³-hybridized carbons (Fsp3) is 0.286. The van der Waals surface area contributed by atoms with Crippen LogP contribution in [0.2, 0.25) is 15.3 Å². The minimum absolute atomic E-state index is 0.189. The Hall–Kier alpha value is -3.39. The summed E-state index contributed by atoms with van der Waals surface area (Å²) in [6.07, 6.45) is 1.51. The van der Waals surface area contributed by atoms with Crippen molar-refractivity contribution in [3.05, 3.63) is 90.7 Å². The lowest BCUT2D eigenvalue weighted by molar-refractivity contribution is 0.0342. The van der Waals surface area contributed by atoms with Crippen LogP contribution >= 0.6 is 34.8 Å². The van der Waals surface area contributed by atoms with Crippen LogP contribution in [-0.4, -0.2) is 56.4 Å². The molecule has 1 aliphatic rings. The predicted octanol–water partition coefficient (Wildman–Crippen LogP) is 3.90. The van der Waals surface area contributed by atoms with Gasteiger partial charge in [0.05, 0.1) is 42.6 Å². The number of morpholine rings is 1. The van der Waals surface area contributed by atoms with Gasteiger partial charge in [-0.1, -0.05) is 58.8 Å². The third kappa shape index (κ3) is 6.33. The van der Waals surface area contributed by atoms with Crippen molar-refractivity contribution in [1.82, 2.24) is 29.5 Å². The summed E-state index contributed by atoms with van der Waals surface area (Å²) in [5.41, 5.74) is 2.25. The Balaban J connectivity index is 1.51. The number of nitrogens with one attached hydrogen (secondary N) is 1. The highest BCUT2D eigenvalue weighted by atomic mass is 35.5. The van der Waals surface area contributed by atoms with Gasteiger partial charge in [-0.2, -0.15) is 5.10 Å². The van der Waals surface area contributed by atoms with Gasteiger partial charge in [0.25, 0.3) is 5.91 Å². The van der Waals surface area contributed by atoms with Gasteiger partial charge in [-0.05, 0) is 35.4 Å². The number of fused-ring (bicyclic) bond motifs is 1. The molecule has 2 aromatic carbocycles. The molecule has 1 aliphatic heterocycles. The quantitative estimate of drug-likeness (QED) is 0.338. The van der Waals surface area contributed by atoms with Gasteiger partial charge < -0.3 is 14.6 Å². The van der Waals surface area contributed by atoms with Gasteiger partial charge in [0, 0.05) is 38.2 Å². The van der Waals surface area contributed by atoms with E-state index in [1.54, 1.807) is 23.7 Å². The SMILES string of the molecule is Cn1nc(C(=O)NCc2ccc(Cl)cc2)c(=O)c2cc(CN3CCOCC3)cc(C#CCn3cnc(Cl)c3Cl)c21. The third-order valence-electron chi connectivity index (χ3n) is 6.50. The van der Waals surface area contributed by atoms with Gasteiger partial charge in [0.2, 0.25) is 5.43 Å². The van der Waals surface area contributed by atoms with Gasteiger partial charge in [-0.15, -0.1) is 0 Å². The Morgan fingerprint density at radius 1 is 1.10 bits per heavy atom. The van der Waals surface area contributed by atoms with Crippen LogP contribution < -0.4 is 10.7 Å². The second-order valence-corrected chi connectivity index (χ2v) is 10.4. The molecule has 0 unspecified atom stereocenters. The monoisotopic (exact) mass is 598 g/mol. The van der Waals surface area contributed by atoms with E-state index in [1.807, 2.05) is 24.3 Å². The number of ether oxygens (including phenoxy) is 1. The molecular formula is C28H25Cl3N6O3. The predicted molar refractivity (Wildman–Crippen MR) is 155 cm³/mol. The van der Waals surface area contributed by atoms with Crippen LogP contribution in [0, 0.1) is 11.8 Å². The Morgan fingerprint density at radius 2 is 1.85 bits per heavy atom. The summed E-state index contributed by atoms with van der Waals surface area (Å²) in [6, 6.07) is 10.9. The molecular weight excluding hydrogens is 575 g/mol. The molecule has 0 atom stereocenters. The van der Waals surface area contributed by atoms with Crippen LogP contribution in [0.5, 0.6) is 0 Å². The molecule has 5 rings (SSSR count). The molecule has 3 heterocycles. The zero-order valence-corrected chi connectivity index (χ0v) is 23.9. The minimum Gasteiger partial charge on any atom is -0.379 e. The first kappa shape index (κ1) is 28.1. The topological polar surface area (TPSA) is 94.3 Å². The van der Waals surface area contributed by atoms with Gasteiger partial charge >= 0.3 is 0 Å². The number of aromatic nitrogens is 4. The highest BCUT2D eigenvalue weighted by Gasteiger charge is 2.20. The standard InChI is InChI=1S/C28H25Cl3N6O3/c1-35-24-20(3-2-8-37-17-33-26(30)27(37)31)13-19(16-36-9-11-40-12-10-36)14-22(24)25(38)23(34-35)28(39)32-15-18-4-6-21(29)7-5-18/h4-7,13-14,17H,8-12,15-16H2,1H3,(H,32,39). The molecule has 0 spiro atoms. The van der Waals surface area contributed by atoms with Crippen molar-refractivity contribution >= 4 is 51.6 Å². The van der Waals surface area contributed by atoms with Crippen LogP contribution in [0.3, 0.4) is 0 Å². The van der Waals surface area contributed by atoms with Gasteiger partial charge in [-0.25, -0.2) is 4.98 Å². The van der Waals surface area contributed by atoms with E-state index in [-0.39, 0.29) is 23.9 Å². The summed E-state index contributed by atoms with van der Waals surface area (Å²) in [7, 11) is 1.69. The van der Waals surface area contributed by atoms with E-state index in [9.17, 15) is 9.59 Å².